The van der Waals surface area contributed by atoms with Crippen molar-refractivity contribution in [3.8, 4) is 5.75 Å². The summed E-state index contributed by atoms with van der Waals surface area (Å²) < 4.78 is 33.0. The molecule has 0 radical (unpaired) electrons. The van der Waals surface area contributed by atoms with Gasteiger partial charge in [0.1, 0.15) is 5.82 Å². The molecule has 1 aliphatic rings. The first-order valence-electron chi connectivity index (χ1n) is 9.36. The second kappa shape index (κ2) is 8.21. The fourth-order valence-electron chi connectivity index (χ4n) is 3.37. The number of benzene rings is 2. The molecule has 156 valence electrons. The molecule has 4 rings (SSSR count). The highest BCUT2D eigenvalue weighted by molar-refractivity contribution is 5.98. The Kier molecular flexibility index (Phi) is 5.47. The number of aliphatic hydroxyl groups excluding tert-OH is 1. The van der Waals surface area contributed by atoms with Crippen LogP contribution in [0.15, 0.2) is 30.3 Å². The van der Waals surface area contributed by atoms with Gasteiger partial charge in [0.05, 0.1) is 36.2 Å². The second-order valence-electron chi connectivity index (χ2n) is 7.05. The van der Waals surface area contributed by atoms with Crippen molar-refractivity contribution in [2.24, 2.45) is 0 Å². The van der Waals surface area contributed by atoms with Gasteiger partial charge in [-0.15, -0.1) is 0 Å². The predicted molar refractivity (Wildman–Crippen MR) is 109 cm³/mol. The van der Waals surface area contributed by atoms with Gasteiger partial charge in [0.25, 0.3) is 0 Å². The van der Waals surface area contributed by atoms with E-state index in [2.05, 4.69) is 20.8 Å². The summed E-state index contributed by atoms with van der Waals surface area (Å²) >= 11 is 0. The van der Waals surface area contributed by atoms with E-state index < -0.39 is 29.7 Å². The number of carbonyl (C=O) groups is 1. The van der Waals surface area contributed by atoms with Gasteiger partial charge >= 0.3 is 0 Å². The van der Waals surface area contributed by atoms with E-state index in [0.717, 1.165) is 0 Å². The molecular formula is C21H20F2N4O3. The molecule has 0 saturated carbocycles. The molecule has 30 heavy (non-hydrogen) atoms. The number of rotatable bonds is 5. The van der Waals surface area contributed by atoms with Gasteiger partial charge in [0.15, 0.2) is 11.6 Å². The van der Waals surface area contributed by atoms with Crippen LogP contribution in [0.1, 0.15) is 17.7 Å². The molecule has 1 amide bonds. The minimum Gasteiger partial charge on any atom is -0.494 e. The van der Waals surface area contributed by atoms with E-state index >= 15 is 0 Å². The first kappa shape index (κ1) is 20.0. The highest BCUT2D eigenvalue weighted by Gasteiger charge is 2.28. The van der Waals surface area contributed by atoms with Gasteiger partial charge in [0.2, 0.25) is 5.91 Å². The van der Waals surface area contributed by atoms with Crippen LogP contribution in [0.3, 0.4) is 0 Å². The Bertz CT molecular complexity index is 1130. The number of methoxy groups -OCH3 is 1. The molecule has 0 spiro atoms. The Hall–Kier alpha value is -3.30. The van der Waals surface area contributed by atoms with Crippen LogP contribution in [0.2, 0.25) is 0 Å². The summed E-state index contributed by atoms with van der Waals surface area (Å²) in [6.07, 6.45) is 3.10. The zero-order valence-electron chi connectivity index (χ0n) is 16.1. The van der Waals surface area contributed by atoms with Crippen LogP contribution in [0.25, 0.3) is 23.1 Å². The van der Waals surface area contributed by atoms with Crippen LogP contribution in [-0.2, 0) is 4.79 Å². The molecule has 2 atom stereocenters. The molecule has 1 saturated heterocycles. The zero-order chi connectivity index (χ0) is 21.3. The quantitative estimate of drug-likeness (QED) is 0.515. The van der Waals surface area contributed by atoms with Gasteiger partial charge in [-0.2, -0.15) is 5.10 Å². The van der Waals surface area contributed by atoms with Gasteiger partial charge in [-0.05, 0) is 36.3 Å². The molecule has 0 bridgehead atoms. The molecule has 2 aromatic carbocycles. The summed E-state index contributed by atoms with van der Waals surface area (Å²) in [6.45, 7) is 0.324. The number of aromatic amines is 1. The maximum atomic E-state index is 14.4. The number of fused-ring (bicyclic) bond motifs is 1. The summed E-state index contributed by atoms with van der Waals surface area (Å²) in [4.78, 5) is 12.3. The van der Waals surface area contributed by atoms with Crippen LogP contribution in [0, 0.1) is 11.6 Å². The molecule has 1 fully saturated rings. The molecule has 7 nitrogen and oxygen atoms in total. The lowest BCUT2D eigenvalue weighted by Gasteiger charge is -2.12. The molecule has 1 aromatic heterocycles. The zero-order valence-corrected chi connectivity index (χ0v) is 16.1. The number of β-amino-alcohol motifs (C(OH)–C–C–N with tert-alkyl or cyclic N) is 1. The third kappa shape index (κ3) is 4.03. The number of hydrogen-bond donors (Lipinski definition) is 4. The third-order valence-corrected chi connectivity index (χ3v) is 4.97. The Labute approximate surface area is 170 Å². The minimum atomic E-state index is -0.600. The number of aliphatic hydroxyl groups is 1. The van der Waals surface area contributed by atoms with E-state index in [-0.39, 0.29) is 17.9 Å². The number of ether oxygens (including phenoxy) is 1. The lowest BCUT2D eigenvalue weighted by Crippen LogP contribution is -2.35. The number of carbonyl (C=O) groups excluding carboxylic acids is 1. The number of nitrogens with one attached hydrogen (secondary N) is 3. The first-order chi connectivity index (χ1) is 14.4. The van der Waals surface area contributed by atoms with E-state index in [1.165, 1.54) is 25.3 Å². The van der Waals surface area contributed by atoms with Crippen LogP contribution >= 0.6 is 0 Å². The molecule has 3 aromatic rings. The van der Waals surface area contributed by atoms with E-state index in [1.54, 1.807) is 24.3 Å². The summed E-state index contributed by atoms with van der Waals surface area (Å²) in [5, 5.41) is 22.6. The molecule has 2 heterocycles. The highest BCUT2D eigenvalue weighted by atomic mass is 19.1. The van der Waals surface area contributed by atoms with Crippen LogP contribution in [0.4, 0.5) is 14.5 Å². The fourth-order valence-corrected chi connectivity index (χ4v) is 3.37. The van der Waals surface area contributed by atoms with Crippen LogP contribution in [0.5, 0.6) is 5.75 Å². The van der Waals surface area contributed by atoms with Crippen molar-refractivity contribution in [2.75, 3.05) is 19.0 Å². The molecule has 0 unspecified atom stereocenters. The normalized spacial score (nSPS) is 18.9. The van der Waals surface area contributed by atoms with Crippen molar-refractivity contribution in [2.45, 2.75) is 18.6 Å². The van der Waals surface area contributed by atoms with Gasteiger partial charge in [0, 0.05) is 18.0 Å². The van der Waals surface area contributed by atoms with E-state index in [4.69, 9.17) is 4.74 Å². The van der Waals surface area contributed by atoms with Gasteiger partial charge < -0.3 is 20.5 Å². The molecule has 0 aliphatic carbocycles. The number of amides is 1. The number of anilines is 1. The predicted octanol–water partition coefficient (Wildman–Crippen LogP) is 2.68. The molecule has 4 N–H and O–H groups in total. The number of H-pyrrole nitrogens is 1. The highest BCUT2D eigenvalue weighted by Crippen LogP contribution is 2.26. The number of nitrogens with zero attached hydrogens (tertiary/aromatic N) is 1. The minimum absolute atomic E-state index is 0.0233. The van der Waals surface area contributed by atoms with Crippen molar-refractivity contribution in [1.82, 2.24) is 15.5 Å². The average molecular weight is 414 g/mol. The van der Waals surface area contributed by atoms with Crippen LogP contribution < -0.4 is 15.4 Å². The molecular weight excluding hydrogens is 394 g/mol. The first-order valence-corrected chi connectivity index (χ1v) is 9.36. The summed E-state index contributed by atoms with van der Waals surface area (Å²) in [5.41, 5.74) is 1.72. The summed E-state index contributed by atoms with van der Waals surface area (Å²) in [6, 6.07) is 6.63. The van der Waals surface area contributed by atoms with E-state index in [1.807, 2.05) is 0 Å². The Morgan fingerprint density at radius 2 is 2.10 bits per heavy atom. The topological polar surface area (TPSA) is 99.3 Å². The Morgan fingerprint density at radius 3 is 2.83 bits per heavy atom. The third-order valence-electron chi connectivity index (χ3n) is 4.97. The van der Waals surface area contributed by atoms with E-state index in [0.29, 0.717) is 28.7 Å². The maximum absolute atomic E-state index is 14.4. The van der Waals surface area contributed by atoms with Crippen molar-refractivity contribution in [3.63, 3.8) is 0 Å². The standard InChI is InChI=1S/C21H20F2N4O3/c1-30-20-6-11(2-4-14(20)22)3-5-16-13-8-18(15(23)9-17(13)27-26-16)25-21(29)19-7-12(28)10-24-19/h2-6,8-9,12,19,24,28H,7,10H2,1H3,(H,25,29)(H,26,27)/t12-,19+/m1/s1. The number of halogens is 2. The fraction of sp³-hybridized carbons (Fsp3) is 0.238. The van der Waals surface area contributed by atoms with Crippen molar-refractivity contribution in [3.05, 3.63) is 53.2 Å². The SMILES string of the molecule is COc1cc(C=Cc2n[nH]c3cc(F)c(NC(=O)[C@@H]4C[C@@H](O)CN4)cc23)ccc1F. The molecule has 9 heteroatoms. The van der Waals surface area contributed by atoms with Crippen molar-refractivity contribution in [1.29, 1.82) is 0 Å². The van der Waals surface area contributed by atoms with Gasteiger partial charge in [-0.1, -0.05) is 12.1 Å². The maximum Gasteiger partial charge on any atom is 0.241 e. The Balaban J connectivity index is 1.59. The lowest BCUT2D eigenvalue weighted by molar-refractivity contribution is -0.118. The summed E-state index contributed by atoms with van der Waals surface area (Å²) in [5.74, 6) is -1.35. The van der Waals surface area contributed by atoms with Gasteiger partial charge in [-0.25, -0.2) is 8.78 Å². The molecule has 1 aliphatic heterocycles. The van der Waals surface area contributed by atoms with Crippen LogP contribution in [-0.4, -0.2) is 47.0 Å². The van der Waals surface area contributed by atoms with E-state index in [9.17, 15) is 18.7 Å². The smallest absolute Gasteiger partial charge is 0.241 e. The number of hydrogen-bond acceptors (Lipinski definition) is 5. The van der Waals surface area contributed by atoms with Crippen molar-refractivity contribution >= 4 is 34.6 Å². The summed E-state index contributed by atoms with van der Waals surface area (Å²) in [7, 11) is 1.39. The average Bonchev–Trinajstić information content (AvgIpc) is 3.33. The van der Waals surface area contributed by atoms with Gasteiger partial charge in [-0.3, -0.25) is 9.89 Å². The van der Waals surface area contributed by atoms with Crippen molar-refractivity contribution < 1.29 is 23.4 Å². The second-order valence-corrected chi connectivity index (χ2v) is 7.05. The largest absolute Gasteiger partial charge is 0.494 e. The Morgan fingerprint density at radius 1 is 1.27 bits per heavy atom. The lowest BCUT2D eigenvalue weighted by atomic mass is 10.1. The monoisotopic (exact) mass is 414 g/mol. The number of aromatic nitrogens is 2.